The van der Waals surface area contributed by atoms with Gasteiger partial charge in [-0.15, -0.1) is 0 Å². The second-order valence-corrected chi connectivity index (χ2v) is 2.59. The molecule has 0 rings (SSSR count). The van der Waals surface area contributed by atoms with Crippen LogP contribution in [0.15, 0.2) is 5.11 Å². The first-order valence-electron chi connectivity index (χ1n) is 3.43. The summed E-state index contributed by atoms with van der Waals surface area (Å²) in [5.41, 5.74) is 7.55. The molecule has 0 radical (unpaired) electrons. The molecule has 11 heteroatoms. The average molecular weight is 257 g/mol. The molecule has 0 amide bonds. The molecule has 0 heterocycles. The van der Waals surface area contributed by atoms with Gasteiger partial charge in [0, 0.05) is 4.91 Å². The van der Waals surface area contributed by atoms with Gasteiger partial charge in [0.1, 0.15) is 0 Å². The highest BCUT2D eigenvalue weighted by Gasteiger charge is 2.74. The predicted octanol–water partition coefficient (Wildman–Crippen LogP) is 3.47. The summed E-state index contributed by atoms with van der Waals surface area (Å²) in [7, 11) is 0. The topological polar surface area (TPSA) is 48.8 Å². The molecule has 0 aromatic carbocycles. The van der Waals surface area contributed by atoms with E-state index in [1.165, 1.54) is 0 Å². The highest BCUT2D eigenvalue weighted by molar-refractivity contribution is 4.98. The maximum atomic E-state index is 12.4. The van der Waals surface area contributed by atoms with Crippen molar-refractivity contribution in [3.8, 4) is 0 Å². The van der Waals surface area contributed by atoms with E-state index in [0.717, 1.165) is 0 Å². The third-order valence-corrected chi connectivity index (χ3v) is 1.48. The van der Waals surface area contributed by atoms with Crippen molar-refractivity contribution in [1.29, 1.82) is 0 Å². The monoisotopic (exact) mass is 257 g/mol. The van der Waals surface area contributed by atoms with E-state index in [1.54, 1.807) is 4.91 Å². The predicted molar refractivity (Wildman–Crippen MR) is 34.9 cm³/mol. The summed E-state index contributed by atoms with van der Waals surface area (Å²) >= 11 is 0. The largest absolute Gasteiger partial charge is 0.377 e. The van der Waals surface area contributed by atoms with E-state index in [1.807, 2.05) is 5.11 Å². The van der Waals surface area contributed by atoms with Crippen LogP contribution in [0.25, 0.3) is 10.4 Å². The van der Waals surface area contributed by atoms with E-state index in [-0.39, 0.29) is 0 Å². The van der Waals surface area contributed by atoms with Crippen LogP contribution in [0.5, 0.6) is 0 Å². The Balaban J connectivity index is 5.24. The van der Waals surface area contributed by atoms with E-state index in [0.29, 0.717) is 0 Å². The Morgan fingerprint density at radius 3 is 1.81 bits per heavy atom. The van der Waals surface area contributed by atoms with Gasteiger partial charge in [-0.1, -0.05) is 5.11 Å². The van der Waals surface area contributed by atoms with Gasteiger partial charge in [0.15, 0.2) is 0 Å². The minimum atomic E-state index is -6.32. The van der Waals surface area contributed by atoms with E-state index >= 15 is 0 Å². The summed E-state index contributed by atoms with van der Waals surface area (Å²) < 4.78 is 96.9. The molecule has 3 nitrogen and oxygen atoms in total. The van der Waals surface area contributed by atoms with Crippen molar-refractivity contribution in [1.82, 2.24) is 0 Å². The van der Waals surface area contributed by atoms with Crippen molar-refractivity contribution >= 4 is 0 Å². The molecule has 0 fully saturated rings. The second-order valence-electron chi connectivity index (χ2n) is 2.59. The third-order valence-electron chi connectivity index (χ3n) is 1.48. The molecule has 0 saturated carbocycles. The van der Waals surface area contributed by atoms with Gasteiger partial charge in [-0.3, -0.25) is 0 Å². The zero-order valence-electron chi connectivity index (χ0n) is 7.15. The van der Waals surface area contributed by atoms with Gasteiger partial charge in [0.25, 0.3) is 0 Å². The smallest absolute Gasteiger partial charge is 0.203 e. The Kier molecular flexibility index (Phi) is 3.98. The van der Waals surface area contributed by atoms with Gasteiger partial charge in [0.2, 0.25) is 0 Å². The number of halogens is 8. The lowest BCUT2D eigenvalue weighted by molar-refractivity contribution is -0.335. The molecule has 16 heavy (non-hydrogen) atoms. The van der Waals surface area contributed by atoms with E-state index in [2.05, 4.69) is 0 Å². The van der Waals surface area contributed by atoms with Gasteiger partial charge < -0.3 is 0 Å². The van der Waals surface area contributed by atoms with Crippen molar-refractivity contribution in [2.24, 2.45) is 5.11 Å². The highest BCUT2D eigenvalue weighted by Crippen LogP contribution is 2.48. The van der Waals surface area contributed by atoms with E-state index in [4.69, 9.17) is 5.53 Å². The highest BCUT2D eigenvalue weighted by atomic mass is 19.4. The van der Waals surface area contributed by atoms with Crippen LogP contribution in [0.4, 0.5) is 35.1 Å². The van der Waals surface area contributed by atoms with Crippen molar-refractivity contribution in [2.45, 2.75) is 24.2 Å². The summed E-state index contributed by atoms with van der Waals surface area (Å²) in [6.07, 6.45) is -4.97. The van der Waals surface area contributed by atoms with Crippen LogP contribution < -0.4 is 0 Å². The van der Waals surface area contributed by atoms with Crippen LogP contribution in [-0.4, -0.2) is 30.7 Å². The number of rotatable bonds is 5. The molecule has 0 N–H and O–H groups in total. The average Bonchev–Trinajstić information content (AvgIpc) is 2.13. The minimum absolute atomic E-state index is 1.64. The van der Waals surface area contributed by atoms with Crippen LogP contribution in [0.1, 0.15) is 0 Å². The SMILES string of the molecule is [N-]=[N+]=NCC(F)(F)C(F)(F)C(F)(F)C(F)F. The zero-order valence-corrected chi connectivity index (χ0v) is 7.15. The first-order valence-corrected chi connectivity index (χ1v) is 3.43. The quantitative estimate of drug-likeness (QED) is 0.313. The molecule has 0 bridgehead atoms. The minimum Gasteiger partial charge on any atom is -0.203 e. The molecule has 94 valence electrons. The molecule has 0 spiro atoms. The number of alkyl halides is 8. The fraction of sp³-hybridized carbons (Fsp3) is 1.00. The lowest BCUT2D eigenvalue weighted by Crippen LogP contribution is -2.58. The summed E-state index contributed by atoms with van der Waals surface area (Å²) in [4.78, 5) is 1.64. The Morgan fingerprint density at radius 1 is 1.06 bits per heavy atom. The summed E-state index contributed by atoms with van der Waals surface area (Å²) in [6, 6.07) is 0. The molecule has 0 aromatic heterocycles. The standard InChI is InChI=1S/C5H3F8N3/c6-2(7)4(10,11)5(12,13)3(8,9)1-15-16-14/h2H,1H2. The fourth-order valence-electron chi connectivity index (χ4n) is 0.601. The summed E-state index contributed by atoms with van der Waals surface area (Å²) in [5.74, 6) is -18.1. The molecule has 0 aliphatic carbocycles. The van der Waals surface area contributed by atoms with Gasteiger partial charge in [0.05, 0.1) is 6.54 Å². The summed E-state index contributed by atoms with van der Waals surface area (Å²) in [5, 5.41) is 1.95. The maximum Gasteiger partial charge on any atom is 0.377 e. The van der Waals surface area contributed by atoms with Crippen LogP contribution in [0.3, 0.4) is 0 Å². The number of hydrogen-bond acceptors (Lipinski definition) is 1. The van der Waals surface area contributed by atoms with Crippen LogP contribution in [0.2, 0.25) is 0 Å². The zero-order chi connectivity index (χ0) is 13.2. The van der Waals surface area contributed by atoms with Crippen molar-refractivity contribution < 1.29 is 35.1 Å². The molecular weight excluding hydrogens is 254 g/mol. The third kappa shape index (κ3) is 2.29. The fourth-order valence-corrected chi connectivity index (χ4v) is 0.601. The lowest BCUT2D eigenvalue weighted by atomic mass is 10.1. The molecule has 0 saturated heterocycles. The van der Waals surface area contributed by atoms with Gasteiger partial charge in [-0.2, -0.15) is 26.3 Å². The van der Waals surface area contributed by atoms with Crippen molar-refractivity contribution in [3.63, 3.8) is 0 Å². The van der Waals surface area contributed by atoms with E-state index < -0.39 is 30.7 Å². The molecular formula is C5H3F8N3. The first-order chi connectivity index (χ1) is 7.00. The number of nitrogens with zero attached hydrogens (tertiary/aromatic N) is 3. The molecule has 0 atom stereocenters. The van der Waals surface area contributed by atoms with Gasteiger partial charge >= 0.3 is 24.2 Å². The Morgan fingerprint density at radius 2 is 1.50 bits per heavy atom. The normalized spacial score (nSPS) is 13.8. The Bertz CT molecular complexity index is 294. The Labute approximate surface area is 82.7 Å². The molecule has 0 aliphatic rings. The number of hydrogen-bond donors (Lipinski definition) is 0. The Hall–Kier alpha value is -1.25. The van der Waals surface area contributed by atoms with Crippen molar-refractivity contribution in [2.75, 3.05) is 6.54 Å². The molecule has 0 aliphatic heterocycles. The van der Waals surface area contributed by atoms with Gasteiger partial charge in [-0.25, -0.2) is 8.78 Å². The van der Waals surface area contributed by atoms with E-state index in [9.17, 15) is 35.1 Å². The van der Waals surface area contributed by atoms with Crippen LogP contribution in [-0.2, 0) is 0 Å². The maximum absolute atomic E-state index is 12.4. The van der Waals surface area contributed by atoms with Crippen LogP contribution in [0, 0.1) is 0 Å². The lowest BCUT2D eigenvalue weighted by Gasteiger charge is -2.31. The second kappa shape index (κ2) is 4.32. The van der Waals surface area contributed by atoms with Gasteiger partial charge in [-0.05, 0) is 5.53 Å². The van der Waals surface area contributed by atoms with Crippen LogP contribution >= 0.6 is 0 Å². The first kappa shape index (κ1) is 14.8. The molecule has 0 aromatic rings. The number of azide groups is 1. The van der Waals surface area contributed by atoms with Crippen molar-refractivity contribution in [3.05, 3.63) is 10.4 Å². The molecule has 0 unspecified atom stereocenters. The summed E-state index contributed by atoms with van der Waals surface area (Å²) in [6.45, 7) is -2.35.